The van der Waals surface area contributed by atoms with Crippen LogP contribution in [0.1, 0.15) is 11.1 Å². The lowest BCUT2D eigenvalue weighted by molar-refractivity contribution is 0.282. The number of aliphatic hydroxyl groups is 1. The number of thiol groups is 1. The molecule has 3 N–H and O–H groups in total. The molecule has 0 aromatic heterocycles. The molecule has 0 aliphatic heterocycles. The van der Waals surface area contributed by atoms with Crippen LogP contribution in [-0.4, -0.2) is 5.11 Å². The molecular formula is C14H18ClNOS. The highest BCUT2D eigenvalue weighted by Gasteiger charge is 1.90. The third-order valence-corrected chi connectivity index (χ3v) is 2.67. The molecular weight excluding hydrogens is 266 g/mol. The van der Waals surface area contributed by atoms with Gasteiger partial charge in [-0.05, 0) is 17.2 Å². The first-order chi connectivity index (χ1) is 8.27. The number of rotatable bonds is 2. The van der Waals surface area contributed by atoms with E-state index in [-0.39, 0.29) is 19.0 Å². The summed E-state index contributed by atoms with van der Waals surface area (Å²) in [5, 5.41) is 8.54. The lowest BCUT2D eigenvalue weighted by Gasteiger charge is -1.97. The molecule has 0 saturated heterocycles. The maximum Gasteiger partial charge on any atom is 0.0681 e. The highest BCUT2D eigenvalue weighted by Crippen LogP contribution is 2.10. The Hall–Kier alpha value is -1.00. The van der Waals surface area contributed by atoms with Crippen molar-refractivity contribution >= 4 is 25.0 Å². The van der Waals surface area contributed by atoms with Gasteiger partial charge < -0.3 is 10.8 Å². The number of hydrogen-bond acceptors (Lipinski definition) is 3. The second-order valence-corrected chi connectivity index (χ2v) is 3.96. The number of nitrogens with two attached hydrogens (primary N) is 1. The third kappa shape index (κ3) is 6.07. The van der Waals surface area contributed by atoms with Crippen LogP contribution in [0.3, 0.4) is 0 Å². The van der Waals surface area contributed by atoms with Crippen molar-refractivity contribution in [1.82, 2.24) is 0 Å². The van der Waals surface area contributed by atoms with Crippen molar-refractivity contribution in [3.63, 3.8) is 0 Å². The summed E-state index contributed by atoms with van der Waals surface area (Å²) in [5.41, 5.74) is 7.47. The summed E-state index contributed by atoms with van der Waals surface area (Å²) in [6.45, 7) is 0.709. The van der Waals surface area contributed by atoms with Crippen LogP contribution in [0.2, 0.25) is 0 Å². The third-order valence-electron chi connectivity index (χ3n) is 2.24. The standard InChI is InChI=1S/C7H9NS.C7H8O.ClH/c8-5-6-3-1-2-4-7(6)9;8-6-7-4-2-1-3-5-7;/h1-4,9H,5,8H2;1-5,8H,6H2;1H. The fraction of sp³-hybridized carbons (Fsp3) is 0.143. The first-order valence-corrected chi connectivity index (χ1v) is 5.84. The molecule has 0 fully saturated rings. The van der Waals surface area contributed by atoms with E-state index in [0.717, 1.165) is 16.0 Å². The van der Waals surface area contributed by atoms with E-state index < -0.39 is 0 Å². The maximum atomic E-state index is 8.54. The molecule has 2 aromatic carbocycles. The first-order valence-electron chi connectivity index (χ1n) is 5.39. The van der Waals surface area contributed by atoms with Gasteiger partial charge in [0.25, 0.3) is 0 Å². The van der Waals surface area contributed by atoms with Crippen molar-refractivity contribution in [1.29, 1.82) is 0 Å². The highest BCUT2D eigenvalue weighted by atomic mass is 35.5. The molecule has 18 heavy (non-hydrogen) atoms. The summed E-state index contributed by atoms with van der Waals surface area (Å²) < 4.78 is 0. The number of benzene rings is 2. The predicted molar refractivity (Wildman–Crippen MR) is 81.2 cm³/mol. The Morgan fingerprint density at radius 2 is 1.50 bits per heavy atom. The molecule has 0 saturated carbocycles. The summed E-state index contributed by atoms with van der Waals surface area (Å²) in [4.78, 5) is 0.972. The Morgan fingerprint density at radius 1 is 0.944 bits per heavy atom. The van der Waals surface area contributed by atoms with Gasteiger partial charge in [-0.25, -0.2) is 0 Å². The van der Waals surface area contributed by atoms with E-state index >= 15 is 0 Å². The van der Waals surface area contributed by atoms with Crippen LogP contribution in [0.15, 0.2) is 59.5 Å². The molecule has 0 atom stereocenters. The minimum atomic E-state index is 0. The number of hydrogen-bond donors (Lipinski definition) is 3. The summed E-state index contributed by atoms with van der Waals surface area (Å²) in [6, 6.07) is 17.3. The fourth-order valence-electron chi connectivity index (χ4n) is 1.27. The van der Waals surface area contributed by atoms with E-state index in [4.69, 9.17) is 10.8 Å². The average molecular weight is 284 g/mol. The molecule has 0 aliphatic carbocycles. The minimum absolute atomic E-state index is 0. The lowest BCUT2D eigenvalue weighted by atomic mass is 10.2. The van der Waals surface area contributed by atoms with Crippen molar-refractivity contribution < 1.29 is 5.11 Å². The van der Waals surface area contributed by atoms with Crippen LogP contribution in [0.25, 0.3) is 0 Å². The fourth-order valence-corrected chi connectivity index (χ4v) is 1.52. The molecule has 0 bridgehead atoms. The molecule has 0 unspecified atom stereocenters. The molecule has 2 rings (SSSR count). The van der Waals surface area contributed by atoms with Crippen LogP contribution in [-0.2, 0) is 13.2 Å². The normalized spacial score (nSPS) is 8.83. The Labute approximate surface area is 120 Å². The van der Waals surface area contributed by atoms with Gasteiger partial charge in [0.15, 0.2) is 0 Å². The van der Waals surface area contributed by atoms with E-state index in [0.29, 0.717) is 6.54 Å². The van der Waals surface area contributed by atoms with E-state index in [2.05, 4.69) is 12.6 Å². The van der Waals surface area contributed by atoms with Crippen LogP contribution >= 0.6 is 25.0 Å². The zero-order valence-corrected chi connectivity index (χ0v) is 11.7. The van der Waals surface area contributed by atoms with Crippen LogP contribution in [0, 0.1) is 0 Å². The Balaban J connectivity index is 0.000000306. The van der Waals surface area contributed by atoms with Gasteiger partial charge in [0, 0.05) is 11.4 Å². The molecule has 2 nitrogen and oxygen atoms in total. The van der Waals surface area contributed by atoms with Crippen molar-refractivity contribution in [2.75, 3.05) is 0 Å². The van der Waals surface area contributed by atoms with Gasteiger partial charge >= 0.3 is 0 Å². The van der Waals surface area contributed by atoms with E-state index in [9.17, 15) is 0 Å². The second-order valence-electron chi connectivity index (χ2n) is 3.48. The zero-order valence-electron chi connectivity index (χ0n) is 9.99. The van der Waals surface area contributed by atoms with Gasteiger partial charge in [-0.3, -0.25) is 0 Å². The zero-order chi connectivity index (χ0) is 12.5. The van der Waals surface area contributed by atoms with Crippen molar-refractivity contribution in [2.24, 2.45) is 5.73 Å². The van der Waals surface area contributed by atoms with Crippen molar-refractivity contribution in [2.45, 2.75) is 18.0 Å². The molecule has 0 radical (unpaired) electrons. The highest BCUT2D eigenvalue weighted by molar-refractivity contribution is 7.80. The SMILES string of the molecule is Cl.NCc1ccccc1S.OCc1ccccc1. The number of halogens is 1. The predicted octanol–water partition coefficient (Wildman–Crippen LogP) is 3.03. The summed E-state index contributed by atoms with van der Waals surface area (Å²) in [5.74, 6) is 0. The molecule has 0 heterocycles. The quantitative estimate of drug-likeness (QED) is 0.742. The smallest absolute Gasteiger partial charge is 0.0681 e. The first kappa shape index (κ1) is 17.0. The second kappa shape index (κ2) is 9.97. The molecule has 0 spiro atoms. The van der Waals surface area contributed by atoms with Gasteiger partial charge in [-0.15, -0.1) is 25.0 Å². The largest absolute Gasteiger partial charge is 0.392 e. The summed E-state index contributed by atoms with van der Waals surface area (Å²) in [7, 11) is 0. The molecule has 0 amide bonds. The van der Waals surface area contributed by atoms with Gasteiger partial charge in [0.05, 0.1) is 6.61 Å². The Bertz CT molecular complexity index is 437. The molecule has 2 aromatic rings. The Kier molecular flexibility index (Phi) is 9.42. The van der Waals surface area contributed by atoms with Gasteiger partial charge in [0.2, 0.25) is 0 Å². The van der Waals surface area contributed by atoms with Gasteiger partial charge in [0.1, 0.15) is 0 Å². The van der Waals surface area contributed by atoms with Crippen LogP contribution in [0.4, 0.5) is 0 Å². The van der Waals surface area contributed by atoms with E-state index in [1.54, 1.807) is 0 Å². The average Bonchev–Trinajstić information content (AvgIpc) is 2.41. The number of aliphatic hydroxyl groups excluding tert-OH is 1. The maximum absolute atomic E-state index is 8.54. The van der Waals surface area contributed by atoms with Gasteiger partial charge in [-0.1, -0.05) is 48.5 Å². The Morgan fingerprint density at radius 3 is 1.89 bits per heavy atom. The molecule has 4 heteroatoms. The topological polar surface area (TPSA) is 46.2 Å². The van der Waals surface area contributed by atoms with Crippen LogP contribution in [0.5, 0.6) is 0 Å². The van der Waals surface area contributed by atoms with E-state index in [1.807, 2.05) is 54.6 Å². The summed E-state index contributed by atoms with van der Waals surface area (Å²) in [6.07, 6.45) is 0. The molecule has 0 aliphatic rings. The summed E-state index contributed by atoms with van der Waals surface area (Å²) >= 11 is 4.20. The van der Waals surface area contributed by atoms with E-state index in [1.165, 1.54) is 0 Å². The minimum Gasteiger partial charge on any atom is -0.392 e. The van der Waals surface area contributed by atoms with Gasteiger partial charge in [-0.2, -0.15) is 0 Å². The van der Waals surface area contributed by atoms with Crippen molar-refractivity contribution in [3.05, 3.63) is 65.7 Å². The lowest BCUT2D eigenvalue weighted by Crippen LogP contribution is -1.96. The van der Waals surface area contributed by atoms with Crippen LogP contribution < -0.4 is 5.73 Å². The van der Waals surface area contributed by atoms with Crippen molar-refractivity contribution in [3.8, 4) is 0 Å². The molecule has 98 valence electrons. The monoisotopic (exact) mass is 283 g/mol.